The highest BCUT2D eigenvalue weighted by Gasteiger charge is 2.28. The van der Waals surface area contributed by atoms with Crippen LogP contribution in [0.4, 0.5) is 11.5 Å². The Morgan fingerprint density at radius 1 is 1.03 bits per heavy atom. The molecule has 180 valence electrons. The molecule has 10 nitrogen and oxygen atoms in total. The van der Waals surface area contributed by atoms with Crippen molar-refractivity contribution in [3.63, 3.8) is 0 Å². The van der Waals surface area contributed by atoms with Gasteiger partial charge in [-0.2, -0.15) is 0 Å². The third-order valence-corrected chi connectivity index (χ3v) is 5.83. The molecule has 3 aromatic rings. The second kappa shape index (κ2) is 10.7. The summed E-state index contributed by atoms with van der Waals surface area (Å²) in [6.45, 7) is 1.19. The van der Waals surface area contributed by atoms with Crippen molar-refractivity contribution < 1.29 is 23.9 Å². The monoisotopic (exact) mass is 475 g/mol. The average molecular weight is 476 g/mol. The highest BCUT2D eigenvalue weighted by molar-refractivity contribution is 6.04. The van der Waals surface area contributed by atoms with E-state index in [1.54, 1.807) is 12.4 Å². The SMILES string of the molecule is COC(=O)c1ccc(C(=O)OC)c(NC(=O)C2CCCN(c3ccc(-c4cccnc4)nn3)C2)c1. The Bertz CT molecular complexity index is 1220. The van der Waals surface area contributed by atoms with Crippen LogP contribution in [0, 0.1) is 5.92 Å². The largest absolute Gasteiger partial charge is 0.465 e. The lowest BCUT2D eigenvalue weighted by Crippen LogP contribution is -2.41. The van der Waals surface area contributed by atoms with Crippen molar-refractivity contribution in [1.82, 2.24) is 15.2 Å². The van der Waals surface area contributed by atoms with Crippen molar-refractivity contribution in [3.05, 3.63) is 66.0 Å². The summed E-state index contributed by atoms with van der Waals surface area (Å²) in [5.41, 5.74) is 2.15. The number of nitrogens with one attached hydrogen (secondary N) is 1. The lowest BCUT2D eigenvalue weighted by molar-refractivity contribution is -0.120. The third kappa shape index (κ3) is 5.43. The minimum absolute atomic E-state index is 0.151. The third-order valence-electron chi connectivity index (χ3n) is 5.83. The summed E-state index contributed by atoms with van der Waals surface area (Å²) in [6, 6.07) is 11.8. The first-order valence-corrected chi connectivity index (χ1v) is 11.1. The maximum atomic E-state index is 13.1. The molecule has 1 unspecified atom stereocenters. The van der Waals surface area contributed by atoms with Crippen LogP contribution in [0.2, 0.25) is 0 Å². The Labute approximate surface area is 202 Å². The van der Waals surface area contributed by atoms with Gasteiger partial charge in [-0.3, -0.25) is 9.78 Å². The first-order chi connectivity index (χ1) is 17.0. The minimum Gasteiger partial charge on any atom is -0.465 e. The van der Waals surface area contributed by atoms with Crippen molar-refractivity contribution in [1.29, 1.82) is 0 Å². The molecule has 1 aromatic carbocycles. The lowest BCUT2D eigenvalue weighted by atomic mass is 9.96. The van der Waals surface area contributed by atoms with Crippen molar-refractivity contribution >= 4 is 29.4 Å². The van der Waals surface area contributed by atoms with Crippen LogP contribution in [0.3, 0.4) is 0 Å². The van der Waals surface area contributed by atoms with E-state index in [9.17, 15) is 14.4 Å². The number of anilines is 2. The molecule has 1 saturated heterocycles. The number of esters is 2. The van der Waals surface area contributed by atoms with E-state index in [1.165, 1.54) is 32.4 Å². The van der Waals surface area contributed by atoms with Crippen molar-refractivity contribution in [2.45, 2.75) is 12.8 Å². The van der Waals surface area contributed by atoms with E-state index in [4.69, 9.17) is 9.47 Å². The van der Waals surface area contributed by atoms with Gasteiger partial charge in [-0.1, -0.05) is 0 Å². The predicted molar refractivity (Wildman–Crippen MR) is 128 cm³/mol. The van der Waals surface area contributed by atoms with Gasteiger partial charge in [0.2, 0.25) is 5.91 Å². The normalized spacial score (nSPS) is 15.3. The number of nitrogens with zero attached hydrogens (tertiary/aromatic N) is 4. The molecule has 35 heavy (non-hydrogen) atoms. The molecule has 0 bridgehead atoms. The standard InChI is InChI=1S/C25H25N5O5/c1-34-24(32)16-7-8-19(25(33)35-2)21(13-16)27-23(31)18-6-4-12-30(15-18)22-10-9-20(28-29-22)17-5-3-11-26-14-17/h3,5,7-11,13-14,18H,4,6,12,15H2,1-2H3,(H,27,31). The first-order valence-electron chi connectivity index (χ1n) is 11.1. The van der Waals surface area contributed by atoms with Gasteiger partial charge in [0.15, 0.2) is 5.82 Å². The highest BCUT2D eigenvalue weighted by Crippen LogP contribution is 2.26. The molecular weight excluding hydrogens is 450 g/mol. The van der Waals surface area contributed by atoms with Crippen LogP contribution in [-0.2, 0) is 14.3 Å². The maximum Gasteiger partial charge on any atom is 0.339 e. The zero-order valence-electron chi connectivity index (χ0n) is 19.4. The quantitative estimate of drug-likeness (QED) is 0.536. The van der Waals surface area contributed by atoms with Crippen LogP contribution in [0.1, 0.15) is 33.6 Å². The topological polar surface area (TPSA) is 124 Å². The molecule has 4 rings (SSSR count). The van der Waals surface area contributed by atoms with Crippen LogP contribution in [0.15, 0.2) is 54.9 Å². The number of hydrogen-bond donors (Lipinski definition) is 1. The van der Waals surface area contributed by atoms with E-state index in [-0.39, 0.29) is 28.6 Å². The van der Waals surface area contributed by atoms with Gasteiger partial charge < -0.3 is 19.7 Å². The van der Waals surface area contributed by atoms with Crippen LogP contribution >= 0.6 is 0 Å². The minimum atomic E-state index is -0.619. The van der Waals surface area contributed by atoms with Crippen molar-refractivity contribution in [2.24, 2.45) is 5.92 Å². The summed E-state index contributed by atoms with van der Waals surface area (Å²) < 4.78 is 9.56. The molecular formula is C25H25N5O5. The zero-order valence-corrected chi connectivity index (χ0v) is 19.4. The Hall–Kier alpha value is -4.34. The molecule has 2 aromatic heterocycles. The lowest BCUT2D eigenvalue weighted by Gasteiger charge is -2.32. The smallest absolute Gasteiger partial charge is 0.339 e. The summed E-state index contributed by atoms with van der Waals surface area (Å²) >= 11 is 0. The molecule has 1 atom stereocenters. The van der Waals surface area contributed by atoms with Gasteiger partial charge in [0.25, 0.3) is 0 Å². The maximum absolute atomic E-state index is 13.1. The zero-order chi connectivity index (χ0) is 24.8. The Balaban J connectivity index is 1.49. The molecule has 1 N–H and O–H groups in total. The molecule has 1 aliphatic heterocycles. The van der Waals surface area contributed by atoms with Gasteiger partial charge >= 0.3 is 11.9 Å². The van der Waals surface area contributed by atoms with Crippen LogP contribution in [-0.4, -0.2) is 60.3 Å². The fraction of sp³-hybridized carbons (Fsp3) is 0.280. The molecule has 0 spiro atoms. The van der Waals surface area contributed by atoms with E-state index in [0.29, 0.717) is 24.5 Å². The van der Waals surface area contributed by atoms with Gasteiger partial charge in [-0.15, -0.1) is 10.2 Å². The number of piperidine rings is 1. The van der Waals surface area contributed by atoms with Gasteiger partial charge in [0.05, 0.1) is 42.6 Å². The molecule has 3 heterocycles. The number of aromatic nitrogens is 3. The highest BCUT2D eigenvalue weighted by atomic mass is 16.5. The van der Waals surface area contributed by atoms with E-state index in [0.717, 1.165) is 18.5 Å². The van der Waals surface area contributed by atoms with Gasteiger partial charge in [-0.05, 0) is 55.3 Å². The molecule has 0 radical (unpaired) electrons. The number of pyridine rings is 1. The van der Waals surface area contributed by atoms with Crippen LogP contribution in [0.25, 0.3) is 11.3 Å². The van der Waals surface area contributed by atoms with Crippen molar-refractivity contribution in [3.8, 4) is 11.3 Å². The van der Waals surface area contributed by atoms with E-state index in [2.05, 4.69) is 20.5 Å². The number of ether oxygens (including phenoxy) is 2. The van der Waals surface area contributed by atoms with E-state index >= 15 is 0 Å². The summed E-state index contributed by atoms with van der Waals surface area (Å²) in [5, 5.41) is 11.5. The number of amides is 1. The Kier molecular flexibility index (Phi) is 7.30. The molecule has 1 amide bonds. The predicted octanol–water partition coefficient (Wildman–Crippen LogP) is 2.97. The van der Waals surface area contributed by atoms with Gasteiger partial charge in [0, 0.05) is 31.0 Å². The summed E-state index contributed by atoms with van der Waals surface area (Å²) in [4.78, 5) is 43.4. The van der Waals surface area contributed by atoms with Crippen molar-refractivity contribution in [2.75, 3.05) is 37.5 Å². The number of rotatable bonds is 6. The fourth-order valence-electron chi connectivity index (χ4n) is 3.98. The fourth-order valence-corrected chi connectivity index (χ4v) is 3.98. The number of methoxy groups -OCH3 is 2. The van der Waals surface area contributed by atoms with Gasteiger partial charge in [0.1, 0.15) is 0 Å². The van der Waals surface area contributed by atoms with Crippen LogP contribution < -0.4 is 10.2 Å². The number of carbonyl (C=O) groups is 3. The molecule has 10 heteroatoms. The first kappa shape index (κ1) is 23.8. The Morgan fingerprint density at radius 3 is 2.54 bits per heavy atom. The summed E-state index contributed by atoms with van der Waals surface area (Å²) in [6.07, 6.45) is 4.89. The number of hydrogen-bond acceptors (Lipinski definition) is 9. The number of benzene rings is 1. The molecule has 1 aliphatic rings. The molecule has 0 aliphatic carbocycles. The Morgan fingerprint density at radius 2 is 1.86 bits per heavy atom. The van der Waals surface area contributed by atoms with E-state index < -0.39 is 11.9 Å². The van der Waals surface area contributed by atoms with Crippen LogP contribution in [0.5, 0.6) is 0 Å². The molecule has 0 saturated carbocycles. The second-order valence-electron chi connectivity index (χ2n) is 8.04. The van der Waals surface area contributed by atoms with Gasteiger partial charge in [-0.25, -0.2) is 9.59 Å². The second-order valence-corrected chi connectivity index (χ2v) is 8.04. The van der Waals surface area contributed by atoms with E-state index in [1.807, 2.05) is 29.2 Å². The number of carbonyl (C=O) groups excluding carboxylic acids is 3. The molecule has 1 fully saturated rings. The average Bonchev–Trinajstić information content (AvgIpc) is 2.92. The summed E-state index contributed by atoms with van der Waals surface area (Å²) in [7, 11) is 2.51. The summed E-state index contributed by atoms with van der Waals surface area (Å²) in [5.74, 6) is -1.13.